The van der Waals surface area contributed by atoms with Gasteiger partial charge in [0.2, 0.25) is 0 Å². The molecule has 0 aliphatic carbocycles. The van der Waals surface area contributed by atoms with Gasteiger partial charge in [-0.1, -0.05) is 0 Å². The molecule has 0 aromatic carbocycles. The van der Waals surface area contributed by atoms with Crippen molar-refractivity contribution in [3.05, 3.63) is 20.8 Å². The molecule has 1 aromatic rings. The van der Waals surface area contributed by atoms with Crippen molar-refractivity contribution in [2.75, 3.05) is 26.7 Å². The first kappa shape index (κ1) is 13.5. The van der Waals surface area contributed by atoms with Crippen molar-refractivity contribution in [2.24, 2.45) is 0 Å². The summed E-state index contributed by atoms with van der Waals surface area (Å²) in [6, 6.07) is 3.00. The van der Waals surface area contributed by atoms with Crippen LogP contribution in [0, 0.1) is 0 Å². The van der Waals surface area contributed by atoms with Gasteiger partial charge in [-0.2, -0.15) is 0 Å². The fraction of sp³-hybridized carbons (Fsp3) is 0.692. The van der Waals surface area contributed by atoms with E-state index >= 15 is 0 Å². The average Bonchev–Trinajstić information content (AvgIpc) is 2.95. The van der Waals surface area contributed by atoms with Crippen LogP contribution < -0.4 is 5.32 Å². The number of hydrogen-bond donors (Lipinski definition) is 1. The van der Waals surface area contributed by atoms with Crippen molar-refractivity contribution in [2.45, 2.75) is 31.7 Å². The topological polar surface area (TPSA) is 15.3 Å². The molecule has 1 N–H and O–H groups in total. The smallest absolute Gasteiger partial charge is 0.0285 e. The van der Waals surface area contributed by atoms with E-state index in [1.807, 2.05) is 11.3 Å². The maximum absolute atomic E-state index is 3.56. The highest BCUT2D eigenvalue weighted by atomic mass is 79.9. The van der Waals surface area contributed by atoms with E-state index in [-0.39, 0.29) is 0 Å². The summed E-state index contributed by atoms with van der Waals surface area (Å²) in [6.07, 6.45) is 5.19. The van der Waals surface area contributed by atoms with Gasteiger partial charge in [0.25, 0.3) is 0 Å². The largest absolute Gasteiger partial charge is 0.314 e. The zero-order valence-corrected chi connectivity index (χ0v) is 12.8. The molecule has 0 saturated carbocycles. The van der Waals surface area contributed by atoms with Gasteiger partial charge < -0.3 is 10.2 Å². The number of nitrogens with one attached hydrogen (secondary N) is 1. The monoisotopic (exact) mass is 316 g/mol. The number of thiophene rings is 1. The predicted octanol–water partition coefficient (Wildman–Crippen LogP) is 3.13. The van der Waals surface area contributed by atoms with Crippen molar-refractivity contribution in [1.29, 1.82) is 0 Å². The molecule has 96 valence electrons. The van der Waals surface area contributed by atoms with E-state index in [0.717, 1.165) is 6.04 Å². The minimum atomic E-state index is 0.772. The first-order valence-corrected chi connectivity index (χ1v) is 8.06. The van der Waals surface area contributed by atoms with Crippen molar-refractivity contribution in [3.63, 3.8) is 0 Å². The Morgan fingerprint density at radius 1 is 1.53 bits per heavy atom. The third-order valence-corrected chi connectivity index (χ3v) is 5.14. The molecule has 1 unspecified atom stereocenters. The van der Waals surface area contributed by atoms with Gasteiger partial charge in [-0.15, -0.1) is 11.3 Å². The molecule has 1 atom stereocenters. The summed E-state index contributed by atoms with van der Waals surface area (Å²) >= 11 is 5.35. The van der Waals surface area contributed by atoms with Gasteiger partial charge in [-0.25, -0.2) is 0 Å². The lowest BCUT2D eigenvalue weighted by molar-refractivity contribution is 0.317. The molecular formula is C13H21BrN2S. The van der Waals surface area contributed by atoms with Gasteiger partial charge in [-0.3, -0.25) is 0 Å². The molecule has 17 heavy (non-hydrogen) atoms. The summed E-state index contributed by atoms with van der Waals surface area (Å²) in [5, 5.41) is 5.72. The maximum atomic E-state index is 3.56. The Labute approximate surface area is 117 Å². The van der Waals surface area contributed by atoms with Crippen LogP contribution >= 0.6 is 27.3 Å². The predicted molar refractivity (Wildman–Crippen MR) is 78.9 cm³/mol. The second-order valence-corrected chi connectivity index (χ2v) is 6.78. The lowest BCUT2D eigenvalue weighted by Crippen LogP contribution is -2.29. The fourth-order valence-corrected chi connectivity index (χ4v) is 3.72. The number of rotatable bonds is 6. The van der Waals surface area contributed by atoms with Gasteiger partial charge in [0.1, 0.15) is 0 Å². The molecule has 2 heterocycles. The number of likely N-dealkylation sites (N-methyl/N-ethyl adjacent to an activating group) is 1. The number of hydrogen-bond acceptors (Lipinski definition) is 3. The van der Waals surface area contributed by atoms with Crippen LogP contribution in [0.5, 0.6) is 0 Å². The van der Waals surface area contributed by atoms with Crippen LogP contribution in [-0.2, 0) is 6.42 Å². The first-order valence-electron chi connectivity index (χ1n) is 6.39. The molecule has 1 aliphatic rings. The highest BCUT2D eigenvalue weighted by Gasteiger charge is 2.14. The lowest BCUT2D eigenvalue weighted by Gasteiger charge is -2.18. The second-order valence-electron chi connectivity index (χ2n) is 4.87. The third kappa shape index (κ3) is 4.70. The summed E-state index contributed by atoms with van der Waals surface area (Å²) < 4.78 is 1.22. The van der Waals surface area contributed by atoms with Crippen LogP contribution in [0.25, 0.3) is 0 Å². The van der Waals surface area contributed by atoms with Crippen molar-refractivity contribution in [3.8, 4) is 0 Å². The quantitative estimate of drug-likeness (QED) is 0.867. The number of halogens is 1. The van der Waals surface area contributed by atoms with E-state index in [4.69, 9.17) is 0 Å². The van der Waals surface area contributed by atoms with Crippen LogP contribution in [-0.4, -0.2) is 37.6 Å². The summed E-state index contributed by atoms with van der Waals surface area (Å²) in [7, 11) is 2.23. The zero-order valence-electron chi connectivity index (χ0n) is 10.4. The third-order valence-electron chi connectivity index (χ3n) is 3.38. The molecule has 2 rings (SSSR count). The average molecular weight is 317 g/mol. The second kappa shape index (κ2) is 6.88. The Hall–Kier alpha value is 0.1000. The highest BCUT2D eigenvalue weighted by Crippen LogP contribution is 2.20. The summed E-state index contributed by atoms with van der Waals surface area (Å²) in [4.78, 5) is 3.93. The molecule has 0 spiro atoms. The minimum absolute atomic E-state index is 0.772. The van der Waals surface area contributed by atoms with E-state index < -0.39 is 0 Å². The normalized spacial score (nSPS) is 20.3. The Morgan fingerprint density at radius 2 is 2.41 bits per heavy atom. The van der Waals surface area contributed by atoms with E-state index in [1.54, 1.807) is 0 Å². The molecule has 0 radical (unpaired) electrons. The molecular weight excluding hydrogens is 296 g/mol. The van der Waals surface area contributed by atoms with Crippen LogP contribution in [0.3, 0.4) is 0 Å². The van der Waals surface area contributed by atoms with Crippen LogP contribution in [0.15, 0.2) is 15.9 Å². The first-order chi connectivity index (χ1) is 8.24. The molecule has 1 saturated heterocycles. The number of nitrogens with zero attached hydrogens (tertiary/aromatic N) is 1. The van der Waals surface area contributed by atoms with Gasteiger partial charge in [0.05, 0.1) is 0 Å². The van der Waals surface area contributed by atoms with Gasteiger partial charge in [-0.05, 0) is 67.8 Å². The van der Waals surface area contributed by atoms with Crippen molar-refractivity contribution < 1.29 is 0 Å². The Kier molecular flexibility index (Phi) is 5.48. The molecule has 0 amide bonds. The summed E-state index contributed by atoms with van der Waals surface area (Å²) in [5.41, 5.74) is 0. The molecule has 1 aliphatic heterocycles. The zero-order chi connectivity index (χ0) is 12.1. The van der Waals surface area contributed by atoms with E-state index in [2.05, 4.69) is 44.6 Å². The Bertz CT molecular complexity index is 334. The van der Waals surface area contributed by atoms with Gasteiger partial charge in [0, 0.05) is 27.3 Å². The van der Waals surface area contributed by atoms with Crippen LogP contribution in [0.2, 0.25) is 0 Å². The van der Waals surface area contributed by atoms with Crippen LogP contribution in [0.4, 0.5) is 0 Å². The van der Waals surface area contributed by atoms with Crippen molar-refractivity contribution in [1.82, 2.24) is 10.2 Å². The lowest BCUT2D eigenvalue weighted by atomic mass is 10.1. The molecule has 2 nitrogen and oxygen atoms in total. The minimum Gasteiger partial charge on any atom is -0.314 e. The molecule has 1 aromatic heterocycles. The van der Waals surface area contributed by atoms with Gasteiger partial charge >= 0.3 is 0 Å². The van der Waals surface area contributed by atoms with Gasteiger partial charge in [0.15, 0.2) is 0 Å². The SMILES string of the molecule is CN(CCc1cc(Br)cs1)CCC1CCCN1. The van der Waals surface area contributed by atoms with E-state index in [1.165, 1.54) is 54.7 Å². The summed E-state index contributed by atoms with van der Waals surface area (Å²) in [5.74, 6) is 0. The molecule has 4 heteroatoms. The fourth-order valence-electron chi connectivity index (χ4n) is 2.28. The summed E-state index contributed by atoms with van der Waals surface area (Å²) in [6.45, 7) is 3.60. The standard InChI is InChI=1S/C13H21BrN2S/c1-16(7-4-12-3-2-6-15-12)8-5-13-9-11(14)10-17-13/h9-10,12,15H,2-8H2,1H3. The molecule has 0 bridgehead atoms. The van der Waals surface area contributed by atoms with Crippen molar-refractivity contribution >= 4 is 27.3 Å². The van der Waals surface area contributed by atoms with E-state index in [0.29, 0.717) is 0 Å². The Morgan fingerprint density at radius 3 is 3.06 bits per heavy atom. The van der Waals surface area contributed by atoms with Crippen LogP contribution in [0.1, 0.15) is 24.1 Å². The Balaban J connectivity index is 1.61. The van der Waals surface area contributed by atoms with E-state index in [9.17, 15) is 0 Å². The highest BCUT2D eigenvalue weighted by molar-refractivity contribution is 9.10. The maximum Gasteiger partial charge on any atom is 0.0285 e. The molecule has 1 fully saturated rings.